The summed E-state index contributed by atoms with van der Waals surface area (Å²) < 4.78 is 5.05. The zero-order chi connectivity index (χ0) is 23.1. The van der Waals surface area contributed by atoms with Crippen molar-refractivity contribution in [1.82, 2.24) is 9.88 Å². The predicted octanol–water partition coefficient (Wildman–Crippen LogP) is 2.86. The predicted molar refractivity (Wildman–Crippen MR) is 125 cm³/mol. The van der Waals surface area contributed by atoms with Crippen LogP contribution in [-0.2, 0) is 4.74 Å². The summed E-state index contributed by atoms with van der Waals surface area (Å²) in [4.78, 5) is 35.6. The normalized spacial score (nSPS) is 20.9. The molecule has 1 saturated carbocycles. The summed E-state index contributed by atoms with van der Waals surface area (Å²) in [6.07, 6.45) is 4.08. The fourth-order valence-corrected chi connectivity index (χ4v) is 4.80. The fraction of sp³-hybridized carbons (Fsp3) is 0.480. The molecule has 8 heteroatoms. The van der Waals surface area contributed by atoms with Gasteiger partial charge >= 0.3 is 6.09 Å². The number of piperazine rings is 1. The highest BCUT2D eigenvalue weighted by Gasteiger charge is 2.34. The molecule has 2 saturated heterocycles. The van der Waals surface area contributed by atoms with Crippen molar-refractivity contribution in [3.63, 3.8) is 0 Å². The quantitative estimate of drug-likeness (QED) is 0.754. The average Bonchev–Trinajstić information content (AvgIpc) is 3.60. The Morgan fingerprint density at radius 3 is 2.52 bits per heavy atom. The molecule has 33 heavy (non-hydrogen) atoms. The van der Waals surface area contributed by atoms with Crippen LogP contribution in [0.5, 0.6) is 0 Å². The Morgan fingerprint density at radius 1 is 1.12 bits per heavy atom. The van der Waals surface area contributed by atoms with E-state index in [1.54, 1.807) is 12.1 Å². The lowest BCUT2D eigenvalue weighted by atomic mass is 10.0. The summed E-state index contributed by atoms with van der Waals surface area (Å²) >= 11 is 0. The van der Waals surface area contributed by atoms with Gasteiger partial charge in [-0.3, -0.25) is 9.69 Å². The molecule has 1 aliphatic carbocycles. The average molecular weight is 451 g/mol. The SMILES string of the molecule is Cc1cc(N2C(=O)OCC2CO)ccc1C(=O)N1CCN(c2ncc(C3CC3)cc2C)CC1. The Kier molecular flexibility index (Phi) is 5.70. The van der Waals surface area contributed by atoms with Gasteiger partial charge in [0.05, 0.1) is 12.6 Å². The number of ether oxygens (including phenoxy) is 1. The molecule has 1 aromatic heterocycles. The minimum absolute atomic E-state index is 0.00447. The first kappa shape index (κ1) is 21.7. The van der Waals surface area contributed by atoms with E-state index in [2.05, 4.69) is 17.9 Å². The Bertz CT molecular complexity index is 1080. The van der Waals surface area contributed by atoms with E-state index in [1.807, 2.05) is 24.1 Å². The van der Waals surface area contributed by atoms with Crippen LogP contribution < -0.4 is 9.80 Å². The third-order valence-electron chi connectivity index (χ3n) is 6.88. The van der Waals surface area contributed by atoms with Crippen molar-refractivity contribution in [2.45, 2.75) is 38.6 Å². The van der Waals surface area contributed by atoms with Gasteiger partial charge in [0.2, 0.25) is 0 Å². The highest BCUT2D eigenvalue weighted by Crippen LogP contribution is 2.40. The number of cyclic esters (lactones) is 1. The summed E-state index contributed by atoms with van der Waals surface area (Å²) in [5, 5.41) is 9.52. The number of aromatic nitrogens is 1. The number of nitrogens with zero attached hydrogens (tertiary/aromatic N) is 4. The van der Waals surface area contributed by atoms with Gasteiger partial charge in [-0.1, -0.05) is 6.07 Å². The lowest BCUT2D eigenvalue weighted by molar-refractivity contribution is 0.0745. The molecular weight excluding hydrogens is 420 g/mol. The first-order valence-corrected chi connectivity index (χ1v) is 11.6. The second-order valence-electron chi connectivity index (χ2n) is 9.25. The van der Waals surface area contributed by atoms with E-state index in [4.69, 9.17) is 9.72 Å². The number of amides is 2. The standard InChI is InChI=1S/C25H30N4O4/c1-16-12-20(29-21(14-30)15-33-25(29)32)5-6-22(16)24(31)28-9-7-27(8-10-28)23-17(2)11-19(13-26-23)18-3-4-18/h5-6,11-13,18,21,30H,3-4,7-10,14-15H2,1-2H3. The smallest absolute Gasteiger partial charge is 0.414 e. The van der Waals surface area contributed by atoms with Gasteiger partial charge in [-0.2, -0.15) is 0 Å². The maximum atomic E-state index is 13.2. The Labute approximate surface area is 193 Å². The minimum atomic E-state index is -0.474. The van der Waals surface area contributed by atoms with Crippen molar-refractivity contribution >= 4 is 23.5 Å². The zero-order valence-electron chi connectivity index (χ0n) is 19.2. The molecule has 0 spiro atoms. The van der Waals surface area contributed by atoms with Crippen molar-refractivity contribution in [2.24, 2.45) is 0 Å². The first-order chi connectivity index (χ1) is 16.0. The second-order valence-corrected chi connectivity index (χ2v) is 9.25. The Hall–Kier alpha value is -3.13. The molecule has 8 nitrogen and oxygen atoms in total. The summed E-state index contributed by atoms with van der Waals surface area (Å²) in [6, 6.07) is 7.19. The topological polar surface area (TPSA) is 86.2 Å². The molecule has 174 valence electrons. The highest BCUT2D eigenvalue weighted by molar-refractivity contribution is 5.97. The van der Waals surface area contributed by atoms with Gasteiger partial charge in [-0.15, -0.1) is 0 Å². The van der Waals surface area contributed by atoms with Gasteiger partial charge in [0.25, 0.3) is 5.91 Å². The van der Waals surface area contributed by atoms with Crippen LogP contribution in [0.15, 0.2) is 30.5 Å². The zero-order valence-corrected chi connectivity index (χ0v) is 19.2. The van der Waals surface area contributed by atoms with Crippen LogP contribution in [-0.4, -0.2) is 72.4 Å². The van der Waals surface area contributed by atoms with Crippen molar-refractivity contribution in [2.75, 3.05) is 49.2 Å². The van der Waals surface area contributed by atoms with Crippen LogP contribution in [0.25, 0.3) is 0 Å². The third kappa shape index (κ3) is 4.15. The number of carbonyl (C=O) groups is 2. The fourth-order valence-electron chi connectivity index (χ4n) is 4.80. The molecule has 0 bridgehead atoms. The van der Waals surface area contributed by atoms with Crippen LogP contribution >= 0.6 is 0 Å². The van der Waals surface area contributed by atoms with E-state index in [0.717, 1.165) is 24.5 Å². The first-order valence-electron chi connectivity index (χ1n) is 11.6. The van der Waals surface area contributed by atoms with Gasteiger partial charge in [0.15, 0.2) is 0 Å². The Balaban J connectivity index is 1.25. The molecule has 1 atom stereocenters. The van der Waals surface area contributed by atoms with Crippen molar-refractivity contribution in [3.8, 4) is 0 Å². The van der Waals surface area contributed by atoms with E-state index >= 15 is 0 Å². The maximum Gasteiger partial charge on any atom is 0.414 e. The lowest BCUT2D eigenvalue weighted by Gasteiger charge is -2.36. The monoisotopic (exact) mass is 450 g/mol. The number of anilines is 2. The number of hydrogen-bond acceptors (Lipinski definition) is 6. The van der Waals surface area contributed by atoms with Crippen LogP contribution in [0.3, 0.4) is 0 Å². The summed E-state index contributed by atoms with van der Waals surface area (Å²) in [7, 11) is 0. The van der Waals surface area contributed by atoms with E-state index in [-0.39, 0.29) is 19.1 Å². The van der Waals surface area contributed by atoms with Crippen molar-refractivity contribution in [1.29, 1.82) is 0 Å². The number of aryl methyl sites for hydroxylation is 2. The van der Waals surface area contributed by atoms with Crippen LogP contribution in [0, 0.1) is 13.8 Å². The highest BCUT2D eigenvalue weighted by atomic mass is 16.6. The molecule has 1 aromatic carbocycles. The van der Waals surface area contributed by atoms with Crippen molar-refractivity contribution < 1.29 is 19.4 Å². The molecule has 1 unspecified atom stereocenters. The number of aliphatic hydroxyl groups excluding tert-OH is 1. The van der Waals surface area contributed by atoms with Gasteiger partial charge in [0.1, 0.15) is 12.4 Å². The molecular formula is C25H30N4O4. The number of benzene rings is 1. The second kappa shape index (κ2) is 8.67. The number of pyridine rings is 1. The van der Waals surface area contributed by atoms with Crippen LogP contribution in [0.4, 0.5) is 16.3 Å². The number of rotatable bonds is 5. The van der Waals surface area contributed by atoms with E-state index in [9.17, 15) is 14.7 Å². The Morgan fingerprint density at radius 2 is 1.88 bits per heavy atom. The van der Waals surface area contributed by atoms with Crippen LogP contribution in [0.2, 0.25) is 0 Å². The van der Waals surface area contributed by atoms with E-state index < -0.39 is 12.1 Å². The minimum Gasteiger partial charge on any atom is -0.447 e. The van der Waals surface area contributed by atoms with Gasteiger partial charge in [-0.05, 0) is 67.5 Å². The van der Waals surface area contributed by atoms with Gasteiger partial charge in [-0.25, -0.2) is 9.78 Å². The molecule has 3 fully saturated rings. The number of hydrogen-bond donors (Lipinski definition) is 1. The van der Waals surface area contributed by atoms with E-state index in [1.165, 1.54) is 28.9 Å². The number of aliphatic hydroxyl groups is 1. The third-order valence-corrected chi connectivity index (χ3v) is 6.88. The largest absolute Gasteiger partial charge is 0.447 e. The summed E-state index contributed by atoms with van der Waals surface area (Å²) in [6.45, 7) is 6.75. The van der Waals surface area contributed by atoms with Crippen LogP contribution in [0.1, 0.15) is 45.8 Å². The van der Waals surface area contributed by atoms with E-state index in [0.29, 0.717) is 30.3 Å². The molecule has 2 aromatic rings. The molecule has 0 radical (unpaired) electrons. The molecule has 2 aliphatic heterocycles. The van der Waals surface area contributed by atoms with Crippen molar-refractivity contribution in [3.05, 3.63) is 52.7 Å². The maximum absolute atomic E-state index is 13.2. The van der Waals surface area contributed by atoms with Gasteiger partial charge in [0, 0.05) is 43.6 Å². The lowest BCUT2D eigenvalue weighted by Crippen LogP contribution is -2.49. The summed E-state index contributed by atoms with van der Waals surface area (Å²) in [5.74, 6) is 1.71. The number of carbonyl (C=O) groups excluding carboxylic acids is 2. The molecule has 1 N–H and O–H groups in total. The van der Waals surface area contributed by atoms with Gasteiger partial charge < -0.3 is 19.6 Å². The molecule has 3 aliphatic rings. The molecule has 2 amide bonds. The summed E-state index contributed by atoms with van der Waals surface area (Å²) in [5.41, 5.74) is 4.60. The molecule has 3 heterocycles. The molecule has 5 rings (SSSR count).